The highest BCUT2D eigenvalue weighted by Gasteiger charge is 2.21. The summed E-state index contributed by atoms with van der Waals surface area (Å²) in [4.78, 5) is 11.4. The van der Waals surface area contributed by atoms with E-state index in [1.807, 2.05) is 13.8 Å². The van der Waals surface area contributed by atoms with Gasteiger partial charge in [-0.3, -0.25) is 4.79 Å². The maximum atomic E-state index is 11.4. The average Bonchev–Trinajstić information content (AvgIpc) is 2.10. The van der Waals surface area contributed by atoms with Crippen molar-refractivity contribution in [2.24, 2.45) is 5.92 Å². The molecule has 0 aromatic rings. The average molecular weight is 202 g/mol. The van der Waals surface area contributed by atoms with Crippen molar-refractivity contribution < 1.29 is 14.0 Å². The summed E-state index contributed by atoms with van der Waals surface area (Å²) in [6.45, 7) is 6.49. The van der Waals surface area contributed by atoms with E-state index in [1.165, 1.54) is 0 Å². The van der Waals surface area contributed by atoms with Crippen LogP contribution >= 0.6 is 0 Å². The number of rotatable bonds is 5. The minimum absolute atomic E-state index is 0.0228. The predicted molar refractivity (Wildman–Crippen MR) is 57.9 cm³/mol. The standard InChI is InChI=1S/C11H24NO2/c1-7-9(2)11(13)14-8-10(3)12(4,5)6/h9-10H,7-8H2,1-6H3/q+1. The second kappa shape index (κ2) is 5.35. The lowest BCUT2D eigenvalue weighted by Gasteiger charge is -2.31. The zero-order chi connectivity index (χ0) is 11.4. The van der Waals surface area contributed by atoms with Crippen LogP contribution in [-0.4, -0.2) is 44.2 Å². The first-order valence-corrected chi connectivity index (χ1v) is 5.26. The summed E-state index contributed by atoms with van der Waals surface area (Å²) in [7, 11) is 6.30. The van der Waals surface area contributed by atoms with E-state index in [-0.39, 0.29) is 11.9 Å². The normalized spacial score (nSPS) is 16.1. The zero-order valence-corrected chi connectivity index (χ0v) is 10.3. The molecule has 0 aliphatic heterocycles. The van der Waals surface area contributed by atoms with Gasteiger partial charge in [-0.1, -0.05) is 13.8 Å². The predicted octanol–water partition coefficient (Wildman–Crippen LogP) is 1.67. The Morgan fingerprint density at radius 3 is 2.14 bits per heavy atom. The van der Waals surface area contributed by atoms with Gasteiger partial charge in [-0.2, -0.15) is 0 Å². The van der Waals surface area contributed by atoms with Crippen LogP contribution in [0.1, 0.15) is 27.2 Å². The Balaban J connectivity index is 3.89. The van der Waals surface area contributed by atoms with Crippen molar-refractivity contribution >= 4 is 5.97 Å². The third kappa shape index (κ3) is 4.61. The van der Waals surface area contributed by atoms with E-state index in [9.17, 15) is 4.79 Å². The summed E-state index contributed by atoms with van der Waals surface area (Å²) in [6.07, 6.45) is 0.845. The number of carbonyl (C=O) groups is 1. The van der Waals surface area contributed by atoms with Gasteiger partial charge in [0.05, 0.1) is 27.1 Å². The van der Waals surface area contributed by atoms with E-state index in [1.54, 1.807) is 0 Å². The number of carbonyl (C=O) groups excluding carboxylic acids is 1. The Kier molecular flexibility index (Phi) is 5.13. The van der Waals surface area contributed by atoms with Crippen molar-refractivity contribution in [3.8, 4) is 0 Å². The van der Waals surface area contributed by atoms with Gasteiger partial charge in [-0.25, -0.2) is 0 Å². The smallest absolute Gasteiger partial charge is 0.308 e. The molecule has 0 saturated heterocycles. The highest BCUT2D eigenvalue weighted by molar-refractivity contribution is 5.71. The van der Waals surface area contributed by atoms with E-state index in [0.717, 1.165) is 10.9 Å². The molecule has 0 saturated carbocycles. The molecule has 0 heterocycles. The first-order chi connectivity index (χ1) is 6.29. The Hall–Kier alpha value is -0.570. The van der Waals surface area contributed by atoms with Crippen molar-refractivity contribution in [3.63, 3.8) is 0 Å². The molecule has 3 nitrogen and oxygen atoms in total. The largest absolute Gasteiger partial charge is 0.459 e. The minimum atomic E-state index is -0.0761. The molecule has 14 heavy (non-hydrogen) atoms. The fraction of sp³-hybridized carbons (Fsp3) is 0.909. The molecule has 0 aliphatic rings. The van der Waals surface area contributed by atoms with Crippen molar-refractivity contribution in [1.29, 1.82) is 0 Å². The van der Waals surface area contributed by atoms with Crippen molar-refractivity contribution in [3.05, 3.63) is 0 Å². The van der Waals surface area contributed by atoms with Crippen LogP contribution in [0.15, 0.2) is 0 Å². The van der Waals surface area contributed by atoms with Gasteiger partial charge in [-0.15, -0.1) is 0 Å². The van der Waals surface area contributed by atoms with Crippen LogP contribution in [0.2, 0.25) is 0 Å². The maximum Gasteiger partial charge on any atom is 0.308 e. The number of hydrogen-bond acceptors (Lipinski definition) is 2. The van der Waals surface area contributed by atoms with Gasteiger partial charge in [0.25, 0.3) is 0 Å². The van der Waals surface area contributed by atoms with Gasteiger partial charge in [0, 0.05) is 0 Å². The summed E-state index contributed by atoms with van der Waals surface area (Å²) in [6, 6.07) is 0.336. The number of esters is 1. The van der Waals surface area contributed by atoms with Crippen LogP contribution in [0.3, 0.4) is 0 Å². The van der Waals surface area contributed by atoms with E-state index in [4.69, 9.17) is 4.74 Å². The monoisotopic (exact) mass is 202 g/mol. The van der Waals surface area contributed by atoms with Gasteiger partial charge in [0.1, 0.15) is 12.6 Å². The first kappa shape index (κ1) is 13.4. The topological polar surface area (TPSA) is 26.3 Å². The molecular weight excluding hydrogens is 178 g/mol. The van der Waals surface area contributed by atoms with Gasteiger partial charge >= 0.3 is 5.97 Å². The fourth-order valence-corrected chi connectivity index (χ4v) is 0.735. The summed E-state index contributed by atoms with van der Waals surface area (Å²) >= 11 is 0. The molecule has 0 bridgehead atoms. The summed E-state index contributed by atoms with van der Waals surface area (Å²) in [5, 5.41) is 0. The molecule has 3 heteroatoms. The molecular formula is C11H24NO2+. The second-order valence-electron chi connectivity index (χ2n) is 4.90. The quantitative estimate of drug-likeness (QED) is 0.501. The fourth-order valence-electron chi connectivity index (χ4n) is 0.735. The first-order valence-electron chi connectivity index (χ1n) is 5.26. The lowest BCUT2D eigenvalue weighted by molar-refractivity contribution is -0.894. The molecule has 0 aliphatic carbocycles. The number of ether oxygens (including phenoxy) is 1. The molecule has 0 radical (unpaired) electrons. The third-order valence-electron chi connectivity index (χ3n) is 2.80. The zero-order valence-electron chi connectivity index (χ0n) is 10.3. The van der Waals surface area contributed by atoms with Crippen LogP contribution in [-0.2, 0) is 9.53 Å². The van der Waals surface area contributed by atoms with E-state index in [2.05, 4.69) is 28.1 Å². The SMILES string of the molecule is CCC(C)C(=O)OCC(C)[N+](C)(C)C. The molecule has 2 atom stereocenters. The van der Waals surface area contributed by atoms with Crippen LogP contribution in [0.4, 0.5) is 0 Å². The minimum Gasteiger partial charge on any atom is -0.459 e. The van der Waals surface area contributed by atoms with Gasteiger partial charge in [-0.05, 0) is 13.3 Å². The summed E-state index contributed by atoms with van der Waals surface area (Å²) in [5.41, 5.74) is 0. The van der Waals surface area contributed by atoms with Crippen LogP contribution in [0.5, 0.6) is 0 Å². The third-order valence-corrected chi connectivity index (χ3v) is 2.80. The van der Waals surface area contributed by atoms with E-state index < -0.39 is 0 Å². The number of hydrogen-bond donors (Lipinski definition) is 0. The highest BCUT2D eigenvalue weighted by atomic mass is 16.5. The lowest BCUT2D eigenvalue weighted by atomic mass is 10.1. The van der Waals surface area contributed by atoms with Crippen molar-refractivity contribution in [2.45, 2.75) is 33.2 Å². The molecule has 0 N–H and O–H groups in total. The number of quaternary nitrogens is 1. The van der Waals surface area contributed by atoms with Gasteiger partial charge in [0.15, 0.2) is 0 Å². The maximum absolute atomic E-state index is 11.4. The van der Waals surface area contributed by atoms with Gasteiger partial charge in [0.2, 0.25) is 0 Å². The Labute approximate surface area is 87.6 Å². The van der Waals surface area contributed by atoms with Crippen molar-refractivity contribution in [1.82, 2.24) is 0 Å². The number of likely N-dealkylation sites (N-methyl/N-ethyl adjacent to an activating group) is 1. The molecule has 0 amide bonds. The van der Waals surface area contributed by atoms with E-state index >= 15 is 0 Å². The summed E-state index contributed by atoms with van der Waals surface area (Å²) < 4.78 is 6.04. The Morgan fingerprint density at radius 1 is 1.29 bits per heavy atom. The molecule has 0 spiro atoms. The van der Waals surface area contributed by atoms with Crippen LogP contribution in [0.25, 0.3) is 0 Å². The van der Waals surface area contributed by atoms with E-state index in [0.29, 0.717) is 12.6 Å². The molecule has 0 aromatic carbocycles. The Morgan fingerprint density at radius 2 is 1.79 bits per heavy atom. The second-order valence-corrected chi connectivity index (χ2v) is 4.90. The highest BCUT2D eigenvalue weighted by Crippen LogP contribution is 2.07. The Bertz CT molecular complexity index is 184. The molecule has 84 valence electrons. The van der Waals surface area contributed by atoms with Crippen LogP contribution < -0.4 is 0 Å². The van der Waals surface area contributed by atoms with Gasteiger partial charge < -0.3 is 9.22 Å². The van der Waals surface area contributed by atoms with Crippen molar-refractivity contribution in [2.75, 3.05) is 27.7 Å². The van der Waals surface area contributed by atoms with Crippen LogP contribution in [0, 0.1) is 5.92 Å². The molecule has 0 rings (SSSR count). The molecule has 0 fully saturated rings. The summed E-state index contributed by atoms with van der Waals surface area (Å²) in [5.74, 6) is -0.0533. The molecule has 0 aromatic heterocycles. The number of nitrogens with zero attached hydrogens (tertiary/aromatic N) is 1. The lowest BCUT2D eigenvalue weighted by Crippen LogP contribution is -2.46. The molecule has 2 unspecified atom stereocenters.